The first kappa shape index (κ1) is 20.7. The normalized spacial score (nSPS) is 15.0. The topological polar surface area (TPSA) is 107 Å². The van der Waals surface area contributed by atoms with E-state index in [1.54, 1.807) is 41.1 Å². The number of carbonyl (C=O) groups excluding carboxylic acids is 2. The average molecular weight is 442 g/mol. The fourth-order valence-electron chi connectivity index (χ4n) is 3.28. The summed E-state index contributed by atoms with van der Waals surface area (Å²) in [6.45, 7) is 2.04. The van der Waals surface area contributed by atoms with Crippen LogP contribution in [-0.4, -0.2) is 39.8 Å². The number of amides is 2. The Bertz CT molecular complexity index is 1120. The van der Waals surface area contributed by atoms with Crippen LogP contribution in [0, 0.1) is 0 Å². The van der Waals surface area contributed by atoms with Crippen molar-refractivity contribution in [3.8, 4) is 11.5 Å². The SMILES string of the molecule is CCOc1cc([C@@H]2CC(=O)Nc3ncnn32)ccc1OCC(=O)Nc1ccccc1Cl. The maximum atomic E-state index is 12.3. The van der Waals surface area contributed by atoms with E-state index in [9.17, 15) is 9.59 Å². The van der Waals surface area contributed by atoms with Gasteiger partial charge in [0, 0.05) is 0 Å². The first-order valence-corrected chi connectivity index (χ1v) is 10.1. The number of anilines is 2. The number of aromatic nitrogens is 3. The molecule has 2 aromatic carbocycles. The number of fused-ring (bicyclic) bond motifs is 1. The Labute approximate surface area is 183 Å². The highest BCUT2D eigenvalue weighted by Gasteiger charge is 2.28. The van der Waals surface area contributed by atoms with Crippen molar-refractivity contribution in [2.75, 3.05) is 23.8 Å². The fourth-order valence-corrected chi connectivity index (χ4v) is 3.46. The number of rotatable bonds is 7. The van der Waals surface area contributed by atoms with Crippen LogP contribution >= 0.6 is 11.6 Å². The second-order valence-electron chi connectivity index (χ2n) is 6.75. The van der Waals surface area contributed by atoms with E-state index in [0.29, 0.717) is 34.8 Å². The van der Waals surface area contributed by atoms with E-state index in [1.165, 1.54) is 6.33 Å². The predicted octanol–water partition coefficient (Wildman–Crippen LogP) is 3.28. The molecule has 0 spiro atoms. The third kappa shape index (κ3) is 4.61. The van der Waals surface area contributed by atoms with Crippen molar-refractivity contribution in [1.29, 1.82) is 0 Å². The number of carbonyl (C=O) groups is 2. The van der Waals surface area contributed by atoms with E-state index in [4.69, 9.17) is 21.1 Å². The first-order chi connectivity index (χ1) is 15.0. The van der Waals surface area contributed by atoms with Gasteiger partial charge in [0.2, 0.25) is 11.9 Å². The lowest BCUT2D eigenvalue weighted by atomic mass is 10.0. The molecule has 1 aliphatic heterocycles. The summed E-state index contributed by atoms with van der Waals surface area (Å²) in [4.78, 5) is 28.4. The van der Waals surface area contributed by atoms with E-state index in [0.717, 1.165) is 5.56 Å². The molecule has 0 radical (unpaired) electrons. The Morgan fingerprint density at radius 1 is 1.26 bits per heavy atom. The molecular formula is C21H20ClN5O4. The van der Waals surface area contributed by atoms with Gasteiger partial charge in [-0.3, -0.25) is 14.9 Å². The molecule has 3 aromatic rings. The Balaban J connectivity index is 1.50. The van der Waals surface area contributed by atoms with Gasteiger partial charge in [0.25, 0.3) is 5.91 Å². The van der Waals surface area contributed by atoms with Gasteiger partial charge in [-0.25, -0.2) is 4.68 Å². The molecule has 160 valence electrons. The zero-order valence-corrected chi connectivity index (χ0v) is 17.4. The lowest BCUT2D eigenvalue weighted by Crippen LogP contribution is -2.29. The third-order valence-electron chi connectivity index (χ3n) is 4.66. The number of nitrogens with one attached hydrogen (secondary N) is 2. The molecule has 2 amide bonds. The molecular weight excluding hydrogens is 422 g/mol. The smallest absolute Gasteiger partial charge is 0.262 e. The van der Waals surface area contributed by atoms with Crippen molar-refractivity contribution in [1.82, 2.24) is 14.8 Å². The summed E-state index contributed by atoms with van der Waals surface area (Å²) in [5, 5.41) is 10.0. The molecule has 0 bridgehead atoms. The van der Waals surface area contributed by atoms with E-state index < -0.39 is 0 Å². The molecule has 1 aliphatic rings. The highest BCUT2D eigenvalue weighted by molar-refractivity contribution is 6.33. The minimum atomic E-state index is -0.351. The van der Waals surface area contributed by atoms with Crippen molar-refractivity contribution in [3.63, 3.8) is 0 Å². The quantitative estimate of drug-likeness (QED) is 0.582. The van der Waals surface area contributed by atoms with Crippen LogP contribution in [0.5, 0.6) is 11.5 Å². The minimum absolute atomic E-state index is 0.139. The number of halogens is 1. The standard InChI is InChI=1S/C21H20ClN5O4/c1-2-30-18-9-13(16-10-19(28)26-21-23-12-24-27(16)21)7-8-17(18)31-11-20(29)25-15-6-4-3-5-14(15)22/h3-9,12,16H,2,10-11H2,1H3,(H,25,29)(H,23,24,26,28)/t16-/m0/s1. The summed E-state index contributed by atoms with van der Waals surface area (Å²) in [5.41, 5.74) is 1.33. The van der Waals surface area contributed by atoms with Crippen molar-refractivity contribution >= 4 is 35.1 Å². The van der Waals surface area contributed by atoms with E-state index in [2.05, 4.69) is 20.7 Å². The molecule has 10 heteroatoms. The van der Waals surface area contributed by atoms with Gasteiger partial charge in [0.05, 0.1) is 29.8 Å². The largest absolute Gasteiger partial charge is 0.490 e. The molecule has 1 atom stereocenters. The van der Waals surface area contributed by atoms with E-state index in [1.807, 2.05) is 13.0 Å². The summed E-state index contributed by atoms with van der Waals surface area (Å²) >= 11 is 6.07. The molecule has 2 N–H and O–H groups in total. The maximum absolute atomic E-state index is 12.3. The summed E-state index contributed by atoms with van der Waals surface area (Å²) in [7, 11) is 0. The highest BCUT2D eigenvalue weighted by Crippen LogP contribution is 2.35. The minimum Gasteiger partial charge on any atom is -0.490 e. The van der Waals surface area contributed by atoms with Gasteiger partial charge in [-0.05, 0) is 36.8 Å². The van der Waals surface area contributed by atoms with Crippen molar-refractivity contribution in [2.45, 2.75) is 19.4 Å². The molecule has 0 fully saturated rings. The number of para-hydroxylation sites is 1. The Kier molecular flexibility index (Phi) is 6.03. The second-order valence-corrected chi connectivity index (χ2v) is 7.16. The van der Waals surface area contributed by atoms with Crippen LogP contribution < -0.4 is 20.1 Å². The molecule has 0 saturated heterocycles. The van der Waals surface area contributed by atoms with Crippen molar-refractivity contribution < 1.29 is 19.1 Å². The average Bonchev–Trinajstić information content (AvgIpc) is 3.22. The van der Waals surface area contributed by atoms with Gasteiger partial charge in [0.15, 0.2) is 18.1 Å². The van der Waals surface area contributed by atoms with Crippen molar-refractivity contribution in [3.05, 3.63) is 59.4 Å². The van der Waals surface area contributed by atoms with Crippen LogP contribution in [0.3, 0.4) is 0 Å². The molecule has 1 aromatic heterocycles. The number of hydrogen-bond donors (Lipinski definition) is 2. The fraction of sp³-hybridized carbons (Fsp3) is 0.238. The Morgan fingerprint density at radius 3 is 2.90 bits per heavy atom. The van der Waals surface area contributed by atoms with Gasteiger partial charge in [0.1, 0.15) is 6.33 Å². The van der Waals surface area contributed by atoms with Gasteiger partial charge in [-0.15, -0.1) is 0 Å². The van der Waals surface area contributed by atoms with E-state index >= 15 is 0 Å². The van der Waals surface area contributed by atoms with Crippen molar-refractivity contribution in [2.24, 2.45) is 0 Å². The van der Waals surface area contributed by atoms with E-state index in [-0.39, 0.29) is 30.9 Å². The van der Waals surface area contributed by atoms with Crippen LogP contribution in [0.2, 0.25) is 5.02 Å². The van der Waals surface area contributed by atoms with Gasteiger partial charge in [-0.2, -0.15) is 10.1 Å². The second kappa shape index (κ2) is 9.05. The molecule has 0 aliphatic carbocycles. The summed E-state index contributed by atoms with van der Waals surface area (Å²) in [5.74, 6) is 0.795. The summed E-state index contributed by atoms with van der Waals surface area (Å²) < 4.78 is 13.1. The van der Waals surface area contributed by atoms with Crippen LogP contribution in [-0.2, 0) is 9.59 Å². The van der Waals surface area contributed by atoms with Gasteiger partial charge in [-0.1, -0.05) is 29.8 Å². The Morgan fingerprint density at radius 2 is 2.10 bits per heavy atom. The number of ether oxygens (including phenoxy) is 2. The number of nitrogens with zero attached hydrogens (tertiary/aromatic N) is 3. The van der Waals surface area contributed by atoms with Gasteiger partial charge < -0.3 is 14.8 Å². The maximum Gasteiger partial charge on any atom is 0.262 e. The lowest BCUT2D eigenvalue weighted by molar-refractivity contribution is -0.118. The molecule has 4 rings (SSSR count). The Hall–Kier alpha value is -3.59. The molecule has 0 unspecified atom stereocenters. The molecule has 0 saturated carbocycles. The molecule has 31 heavy (non-hydrogen) atoms. The summed E-state index contributed by atoms with van der Waals surface area (Å²) in [6.07, 6.45) is 1.62. The highest BCUT2D eigenvalue weighted by atomic mass is 35.5. The monoisotopic (exact) mass is 441 g/mol. The van der Waals surface area contributed by atoms with Gasteiger partial charge >= 0.3 is 0 Å². The van der Waals surface area contributed by atoms with Crippen LogP contribution in [0.15, 0.2) is 48.8 Å². The number of hydrogen-bond acceptors (Lipinski definition) is 6. The number of benzene rings is 2. The molecule has 2 heterocycles. The molecule has 9 nitrogen and oxygen atoms in total. The zero-order chi connectivity index (χ0) is 21.8. The van der Waals surface area contributed by atoms with Crippen LogP contribution in [0.25, 0.3) is 0 Å². The predicted molar refractivity (Wildman–Crippen MR) is 115 cm³/mol. The summed E-state index contributed by atoms with van der Waals surface area (Å²) in [6, 6.07) is 12.0. The van der Waals surface area contributed by atoms with Crippen LogP contribution in [0.4, 0.5) is 11.6 Å². The first-order valence-electron chi connectivity index (χ1n) is 9.68. The zero-order valence-electron chi connectivity index (χ0n) is 16.7. The lowest BCUT2D eigenvalue weighted by Gasteiger charge is -2.24. The van der Waals surface area contributed by atoms with Crippen LogP contribution in [0.1, 0.15) is 24.9 Å². The third-order valence-corrected chi connectivity index (χ3v) is 4.99.